The van der Waals surface area contributed by atoms with E-state index in [-0.39, 0.29) is 0 Å². The van der Waals surface area contributed by atoms with E-state index < -0.39 is 8.37 Å². The molecule has 3 aromatic carbocycles. The van der Waals surface area contributed by atoms with Gasteiger partial charge in [0.2, 0.25) is 0 Å². The summed E-state index contributed by atoms with van der Waals surface area (Å²) in [6, 6.07) is 34.5. The van der Waals surface area contributed by atoms with Gasteiger partial charge in [-0.05, 0) is 49.9 Å². The SMILES string of the molecule is C[C@@H](c1ccccc1)N([C@@H](C)c1ccccc1)P1N(c2ccccc2)C[C@@H]2CCCN21. The van der Waals surface area contributed by atoms with Crippen LogP contribution in [0.1, 0.15) is 49.9 Å². The molecule has 31 heavy (non-hydrogen) atoms. The van der Waals surface area contributed by atoms with Gasteiger partial charge in [-0.25, -0.2) is 9.34 Å². The van der Waals surface area contributed by atoms with E-state index in [1.54, 1.807) is 0 Å². The number of para-hydroxylation sites is 1. The topological polar surface area (TPSA) is 9.72 Å². The molecule has 0 saturated carbocycles. The van der Waals surface area contributed by atoms with E-state index in [2.05, 4.69) is 119 Å². The Morgan fingerprint density at radius 3 is 1.84 bits per heavy atom. The van der Waals surface area contributed by atoms with Crippen LogP contribution in [0.25, 0.3) is 0 Å². The van der Waals surface area contributed by atoms with Crippen molar-refractivity contribution in [3.05, 3.63) is 102 Å². The molecule has 3 aromatic rings. The minimum atomic E-state index is -0.615. The fourth-order valence-electron chi connectivity index (χ4n) is 5.13. The van der Waals surface area contributed by atoms with Crippen molar-refractivity contribution in [3.8, 4) is 0 Å². The fourth-order valence-corrected chi connectivity index (χ4v) is 8.29. The van der Waals surface area contributed by atoms with Gasteiger partial charge in [0.1, 0.15) is 0 Å². The molecule has 2 aliphatic rings. The van der Waals surface area contributed by atoms with Crippen molar-refractivity contribution in [2.24, 2.45) is 0 Å². The molecular formula is C27H32N3P. The van der Waals surface area contributed by atoms with Crippen LogP contribution in [0, 0.1) is 0 Å². The van der Waals surface area contributed by atoms with Crippen LogP contribution in [-0.4, -0.2) is 28.5 Å². The quantitative estimate of drug-likeness (QED) is 0.390. The number of benzene rings is 3. The highest BCUT2D eigenvalue weighted by atomic mass is 31.2. The predicted octanol–water partition coefficient (Wildman–Crippen LogP) is 7.02. The number of hydrogen-bond donors (Lipinski definition) is 0. The first kappa shape index (κ1) is 20.7. The number of nitrogens with zero attached hydrogens (tertiary/aromatic N) is 3. The summed E-state index contributed by atoms with van der Waals surface area (Å²) in [5.74, 6) is 0. The van der Waals surface area contributed by atoms with E-state index in [1.807, 2.05) is 0 Å². The third-order valence-corrected chi connectivity index (χ3v) is 9.71. The molecule has 1 unspecified atom stereocenters. The lowest BCUT2D eigenvalue weighted by molar-refractivity contribution is 0.279. The molecule has 2 fully saturated rings. The summed E-state index contributed by atoms with van der Waals surface area (Å²) >= 11 is 0. The van der Waals surface area contributed by atoms with Crippen LogP contribution < -0.4 is 4.67 Å². The summed E-state index contributed by atoms with van der Waals surface area (Å²) in [4.78, 5) is 0. The molecule has 5 rings (SSSR count). The van der Waals surface area contributed by atoms with Gasteiger partial charge < -0.3 is 4.67 Å². The molecule has 2 aliphatic heterocycles. The average molecular weight is 430 g/mol. The van der Waals surface area contributed by atoms with Crippen molar-refractivity contribution in [1.82, 2.24) is 9.34 Å². The van der Waals surface area contributed by atoms with Gasteiger partial charge in [0.25, 0.3) is 0 Å². The zero-order valence-electron chi connectivity index (χ0n) is 18.5. The van der Waals surface area contributed by atoms with E-state index in [1.165, 1.54) is 36.2 Å². The average Bonchev–Trinajstić information content (AvgIpc) is 3.43. The Bertz CT molecular complexity index is 920. The molecule has 0 bridgehead atoms. The molecule has 0 amide bonds. The Hall–Kier alpha value is -2.19. The summed E-state index contributed by atoms with van der Waals surface area (Å²) in [5.41, 5.74) is 4.14. The Labute approximate surface area is 188 Å². The van der Waals surface area contributed by atoms with E-state index in [0.29, 0.717) is 18.1 Å². The van der Waals surface area contributed by atoms with Gasteiger partial charge >= 0.3 is 0 Å². The number of rotatable bonds is 6. The van der Waals surface area contributed by atoms with Crippen molar-refractivity contribution < 1.29 is 0 Å². The summed E-state index contributed by atoms with van der Waals surface area (Å²) < 4.78 is 8.33. The van der Waals surface area contributed by atoms with Crippen molar-refractivity contribution >= 4 is 14.1 Å². The van der Waals surface area contributed by atoms with Crippen LogP contribution in [0.2, 0.25) is 0 Å². The zero-order valence-corrected chi connectivity index (χ0v) is 19.4. The lowest BCUT2D eigenvalue weighted by Crippen LogP contribution is -2.34. The maximum atomic E-state index is 2.82. The second kappa shape index (κ2) is 9.12. The monoisotopic (exact) mass is 429 g/mol. The van der Waals surface area contributed by atoms with Gasteiger partial charge in [-0.1, -0.05) is 78.9 Å². The van der Waals surface area contributed by atoms with E-state index in [4.69, 9.17) is 0 Å². The third kappa shape index (κ3) is 4.03. The van der Waals surface area contributed by atoms with E-state index >= 15 is 0 Å². The van der Waals surface area contributed by atoms with E-state index in [9.17, 15) is 0 Å². The van der Waals surface area contributed by atoms with Crippen LogP contribution >= 0.6 is 8.37 Å². The molecule has 2 saturated heterocycles. The van der Waals surface area contributed by atoms with Crippen LogP contribution in [0.5, 0.6) is 0 Å². The van der Waals surface area contributed by atoms with Crippen molar-refractivity contribution in [3.63, 3.8) is 0 Å². The Balaban J connectivity index is 1.59. The zero-order chi connectivity index (χ0) is 21.2. The summed E-state index contributed by atoms with van der Waals surface area (Å²) in [6.07, 6.45) is 2.63. The minimum absolute atomic E-state index is 0.327. The second-order valence-corrected chi connectivity index (χ2v) is 10.7. The molecule has 3 nitrogen and oxygen atoms in total. The first-order valence-corrected chi connectivity index (χ1v) is 12.7. The summed E-state index contributed by atoms with van der Waals surface area (Å²) in [6.45, 7) is 7.13. The molecule has 4 heteroatoms. The van der Waals surface area contributed by atoms with Crippen LogP contribution in [0.15, 0.2) is 91.0 Å². The lowest BCUT2D eigenvalue weighted by atomic mass is 10.0. The van der Waals surface area contributed by atoms with Crippen LogP contribution in [-0.2, 0) is 0 Å². The number of hydrogen-bond acceptors (Lipinski definition) is 3. The van der Waals surface area contributed by atoms with Gasteiger partial charge in [0, 0.05) is 36.9 Å². The van der Waals surface area contributed by atoms with Gasteiger partial charge in [-0.2, -0.15) is 0 Å². The standard InChI is InChI=1S/C27H32N3P/c1-22(24-13-6-3-7-14-24)30(23(2)25-15-8-4-9-16-25)31-28-20-12-19-27(28)21-29(31)26-17-10-5-11-18-26/h3-11,13-18,22-23,27H,12,19-21H2,1-2H3/t22-,23-,27-,31?/m0/s1. The highest BCUT2D eigenvalue weighted by molar-refractivity contribution is 7.55. The van der Waals surface area contributed by atoms with Crippen LogP contribution in [0.3, 0.4) is 0 Å². The maximum absolute atomic E-state index is 2.82. The normalized spacial score (nSPS) is 23.1. The molecule has 160 valence electrons. The first-order valence-electron chi connectivity index (χ1n) is 11.5. The second-order valence-electron chi connectivity index (χ2n) is 8.70. The van der Waals surface area contributed by atoms with Crippen molar-refractivity contribution in [1.29, 1.82) is 0 Å². The molecule has 0 spiro atoms. The summed E-state index contributed by atoms with van der Waals surface area (Å²) in [7, 11) is -0.615. The molecule has 0 aromatic heterocycles. The highest BCUT2D eigenvalue weighted by Crippen LogP contribution is 2.63. The van der Waals surface area contributed by atoms with Gasteiger partial charge in [0.15, 0.2) is 8.37 Å². The van der Waals surface area contributed by atoms with Crippen molar-refractivity contribution in [2.75, 3.05) is 17.8 Å². The minimum Gasteiger partial charge on any atom is -0.324 e. The number of anilines is 1. The molecule has 4 atom stereocenters. The molecule has 2 heterocycles. The molecule has 0 aliphatic carbocycles. The highest BCUT2D eigenvalue weighted by Gasteiger charge is 2.48. The molecule has 0 radical (unpaired) electrons. The third-order valence-electron chi connectivity index (χ3n) is 6.79. The van der Waals surface area contributed by atoms with Gasteiger partial charge in [-0.15, -0.1) is 0 Å². The number of fused-ring (bicyclic) bond motifs is 1. The fraction of sp³-hybridized carbons (Fsp3) is 0.333. The lowest BCUT2D eigenvalue weighted by Gasteiger charge is -2.45. The molecule has 0 N–H and O–H groups in total. The maximum Gasteiger partial charge on any atom is 0.150 e. The largest absolute Gasteiger partial charge is 0.324 e. The van der Waals surface area contributed by atoms with Gasteiger partial charge in [0.05, 0.1) is 0 Å². The molecular weight excluding hydrogens is 397 g/mol. The van der Waals surface area contributed by atoms with Gasteiger partial charge in [-0.3, -0.25) is 0 Å². The Kier molecular flexibility index (Phi) is 6.09. The predicted molar refractivity (Wildman–Crippen MR) is 132 cm³/mol. The van der Waals surface area contributed by atoms with Crippen LogP contribution in [0.4, 0.5) is 5.69 Å². The Morgan fingerprint density at radius 1 is 0.774 bits per heavy atom. The Morgan fingerprint density at radius 2 is 1.29 bits per heavy atom. The summed E-state index contributed by atoms with van der Waals surface area (Å²) in [5, 5.41) is 0. The van der Waals surface area contributed by atoms with Crippen molar-refractivity contribution in [2.45, 2.75) is 44.8 Å². The van der Waals surface area contributed by atoms with E-state index in [0.717, 1.165) is 6.54 Å². The first-order chi connectivity index (χ1) is 15.2. The smallest absolute Gasteiger partial charge is 0.150 e.